The van der Waals surface area contributed by atoms with Crippen LogP contribution in [0, 0.1) is 0 Å². The molecule has 1 fully saturated rings. The molecule has 4 aromatic rings. The van der Waals surface area contributed by atoms with Crippen molar-refractivity contribution in [2.24, 2.45) is 0 Å². The highest BCUT2D eigenvalue weighted by atomic mass is 32.2. The first kappa shape index (κ1) is 21.4. The first-order valence-electron chi connectivity index (χ1n) is 10.8. The third-order valence-electron chi connectivity index (χ3n) is 5.53. The highest BCUT2D eigenvalue weighted by molar-refractivity contribution is 7.89. The second kappa shape index (κ2) is 8.84. The lowest BCUT2D eigenvalue weighted by Crippen LogP contribution is -2.36. The highest BCUT2D eigenvalue weighted by Gasteiger charge is 2.13. The monoisotopic (exact) mass is 463 g/mol. The molecular weight excluding hydrogens is 438 g/mol. The molecule has 2 aromatic carbocycles. The van der Waals surface area contributed by atoms with Gasteiger partial charge in [-0.15, -0.1) is 0 Å². The van der Waals surface area contributed by atoms with Gasteiger partial charge in [0.2, 0.25) is 0 Å². The maximum atomic E-state index is 11.7. The van der Waals surface area contributed by atoms with Crippen LogP contribution in [0.2, 0.25) is 0 Å². The summed E-state index contributed by atoms with van der Waals surface area (Å²) in [5, 5.41) is 3.39. The number of imidazole rings is 1. The van der Waals surface area contributed by atoms with Gasteiger partial charge in [0.25, 0.3) is 0 Å². The molecule has 0 aliphatic carbocycles. The van der Waals surface area contributed by atoms with Crippen LogP contribution in [-0.2, 0) is 20.3 Å². The van der Waals surface area contributed by atoms with Crippen molar-refractivity contribution in [2.45, 2.75) is 5.75 Å². The number of hydrogen-bond acceptors (Lipinski definition) is 7. The molecule has 8 nitrogen and oxygen atoms in total. The first-order valence-corrected chi connectivity index (χ1v) is 12.8. The molecule has 5 rings (SSSR count). The number of rotatable bonds is 6. The van der Waals surface area contributed by atoms with E-state index in [9.17, 15) is 8.42 Å². The van der Waals surface area contributed by atoms with Gasteiger partial charge in [-0.1, -0.05) is 18.2 Å². The zero-order valence-corrected chi connectivity index (χ0v) is 19.1. The van der Waals surface area contributed by atoms with E-state index >= 15 is 0 Å². The SMILES string of the molecule is CS(=O)(=O)Cc1cccc(-c2cn3ccnc3c(Nc3ccc(N4CCOCC4)cc3)n2)c1. The number of aromatic nitrogens is 3. The van der Waals surface area contributed by atoms with E-state index in [2.05, 4.69) is 27.3 Å². The number of anilines is 3. The molecule has 0 unspecified atom stereocenters. The summed E-state index contributed by atoms with van der Waals surface area (Å²) in [5.74, 6) is 0.625. The fourth-order valence-corrected chi connectivity index (χ4v) is 4.78. The van der Waals surface area contributed by atoms with Crippen molar-refractivity contribution in [1.82, 2.24) is 14.4 Å². The second-order valence-corrected chi connectivity index (χ2v) is 10.3. The standard InChI is InChI=1S/C24H25N5O3S/c1-33(30,31)17-18-3-2-4-19(15-18)22-16-29-10-9-25-24(29)23(27-22)26-20-5-7-21(8-6-20)28-11-13-32-14-12-28/h2-10,15-16H,11-14,17H2,1H3,(H,26,27). The summed E-state index contributed by atoms with van der Waals surface area (Å²) in [6.45, 7) is 3.28. The second-order valence-electron chi connectivity index (χ2n) is 8.17. The van der Waals surface area contributed by atoms with E-state index in [0.717, 1.165) is 48.8 Å². The minimum absolute atomic E-state index is 0.00520. The van der Waals surface area contributed by atoms with Gasteiger partial charge in [-0.2, -0.15) is 0 Å². The maximum Gasteiger partial charge on any atom is 0.180 e. The minimum Gasteiger partial charge on any atom is -0.378 e. The van der Waals surface area contributed by atoms with Crippen molar-refractivity contribution >= 4 is 32.7 Å². The fraction of sp³-hybridized carbons (Fsp3) is 0.250. The van der Waals surface area contributed by atoms with E-state index in [-0.39, 0.29) is 5.75 Å². The summed E-state index contributed by atoms with van der Waals surface area (Å²) in [6.07, 6.45) is 6.73. The highest BCUT2D eigenvalue weighted by Crippen LogP contribution is 2.27. The molecular formula is C24H25N5O3S. The zero-order chi connectivity index (χ0) is 22.8. The Morgan fingerprint density at radius 3 is 2.64 bits per heavy atom. The lowest BCUT2D eigenvalue weighted by Gasteiger charge is -2.28. The molecule has 0 amide bonds. The lowest BCUT2D eigenvalue weighted by molar-refractivity contribution is 0.122. The van der Waals surface area contributed by atoms with Crippen LogP contribution < -0.4 is 10.2 Å². The largest absolute Gasteiger partial charge is 0.378 e. The maximum absolute atomic E-state index is 11.7. The normalized spacial score (nSPS) is 14.5. The summed E-state index contributed by atoms with van der Waals surface area (Å²) >= 11 is 0. The Hall–Kier alpha value is -3.43. The number of morpholine rings is 1. The first-order chi connectivity index (χ1) is 15.9. The van der Waals surface area contributed by atoms with Gasteiger partial charge in [0.15, 0.2) is 21.3 Å². The van der Waals surface area contributed by atoms with Gasteiger partial charge < -0.3 is 19.4 Å². The van der Waals surface area contributed by atoms with E-state index in [1.54, 1.807) is 6.20 Å². The number of nitrogens with zero attached hydrogens (tertiary/aromatic N) is 4. The Balaban J connectivity index is 1.45. The molecule has 0 radical (unpaired) electrons. The smallest absolute Gasteiger partial charge is 0.180 e. The van der Waals surface area contributed by atoms with E-state index in [4.69, 9.17) is 9.72 Å². The van der Waals surface area contributed by atoms with Gasteiger partial charge in [0.05, 0.1) is 24.7 Å². The van der Waals surface area contributed by atoms with Gasteiger partial charge in [0.1, 0.15) is 0 Å². The molecule has 0 bridgehead atoms. The molecule has 0 atom stereocenters. The van der Waals surface area contributed by atoms with E-state index in [1.165, 1.54) is 11.9 Å². The number of nitrogens with one attached hydrogen (secondary N) is 1. The topological polar surface area (TPSA) is 88.8 Å². The van der Waals surface area contributed by atoms with Crippen LogP contribution in [-0.4, -0.2) is 55.3 Å². The van der Waals surface area contributed by atoms with Crippen molar-refractivity contribution in [3.63, 3.8) is 0 Å². The Morgan fingerprint density at radius 2 is 1.88 bits per heavy atom. The zero-order valence-electron chi connectivity index (χ0n) is 18.3. The number of ether oxygens (including phenoxy) is 1. The average molecular weight is 464 g/mol. The predicted octanol–water partition coefficient (Wildman–Crippen LogP) is 3.52. The minimum atomic E-state index is -3.12. The van der Waals surface area contributed by atoms with Gasteiger partial charge >= 0.3 is 0 Å². The Kier molecular flexibility index (Phi) is 5.74. The van der Waals surface area contributed by atoms with Gasteiger partial charge in [-0.05, 0) is 35.9 Å². The summed E-state index contributed by atoms with van der Waals surface area (Å²) < 4.78 is 30.8. The molecule has 33 heavy (non-hydrogen) atoms. The predicted molar refractivity (Wildman–Crippen MR) is 130 cm³/mol. The Morgan fingerprint density at radius 1 is 1.09 bits per heavy atom. The average Bonchev–Trinajstić information content (AvgIpc) is 3.28. The van der Waals surface area contributed by atoms with Crippen LogP contribution in [0.4, 0.5) is 17.2 Å². The summed E-state index contributed by atoms with van der Waals surface area (Å²) in [7, 11) is -3.12. The summed E-state index contributed by atoms with van der Waals surface area (Å²) in [6, 6.07) is 15.7. The van der Waals surface area contributed by atoms with Crippen molar-refractivity contribution in [1.29, 1.82) is 0 Å². The van der Waals surface area contributed by atoms with Gasteiger partial charge in [-0.25, -0.2) is 18.4 Å². The van der Waals surface area contributed by atoms with E-state index in [0.29, 0.717) is 11.5 Å². The molecule has 0 spiro atoms. The summed E-state index contributed by atoms with van der Waals surface area (Å²) in [5.41, 5.74) is 5.09. The van der Waals surface area contributed by atoms with Crippen LogP contribution in [0.3, 0.4) is 0 Å². The van der Waals surface area contributed by atoms with E-state index < -0.39 is 9.84 Å². The number of sulfone groups is 1. The van der Waals surface area contributed by atoms with Crippen LogP contribution in [0.15, 0.2) is 67.1 Å². The van der Waals surface area contributed by atoms with Gasteiger partial charge in [0, 0.05) is 54.9 Å². The third kappa shape index (κ3) is 4.99. The molecule has 3 heterocycles. The summed E-state index contributed by atoms with van der Waals surface area (Å²) in [4.78, 5) is 11.6. The van der Waals surface area contributed by atoms with Crippen LogP contribution in [0.25, 0.3) is 16.9 Å². The molecule has 2 aromatic heterocycles. The third-order valence-corrected chi connectivity index (χ3v) is 6.39. The number of hydrogen-bond donors (Lipinski definition) is 1. The molecule has 1 N–H and O–H groups in total. The van der Waals surface area contributed by atoms with E-state index in [1.807, 2.05) is 53.2 Å². The Labute approximate surface area is 192 Å². The van der Waals surface area contributed by atoms with Crippen LogP contribution >= 0.6 is 0 Å². The lowest BCUT2D eigenvalue weighted by atomic mass is 10.1. The molecule has 170 valence electrons. The van der Waals surface area contributed by atoms with Crippen LogP contribution in [0.5, 0.6) is 0 Å². The molecule has 1 aliphatic rings. The molecule has 1 saturated heterocycles. The molecule has 1 aliphatic heterocycles. The fourth-order valence-electron chi connectivity index (χ4n) is 3.99. The number of benzene rings is 2. The van der Waals surface area contributed by atoms with Crippen LogP contribution in [0.1, 0.15) is 5.56 Å². The van der Waals surface area contributed by atoms with Crippen molar-refractivity contribution < 1.29 is 13.2 Å². The van der Waals surface area contributed by atoms with Gasteiger partial charge in [-0.3, -0.25) is 0 Å². The Bertz CT molecular complexity index is 1380. The quantitative estimate of drug-likeness (QED) is 0.468. The number of fused-ring (bicyclic) bond motifs is 1. The van der Waals surface area contributed by atoms with Crippen molar-refractivity contribution in [3.8, 4) is 11.3 Å². The van der Waals surface area contributed by atoms with Crippen molar-refractivity contribution in [3.05, 3.63) is 72.7 Å². The molecule has 9 heteroatoms. The van der Waals surface area contributed by atoms with Crippen molar-refractivity contribution in [2.75, 3.05) is 42.8 Å². The molecule has 0 saturated carbocycles.